The number of aliphatic hydroxyl groups is 1. The number of hydrogen-bond acceptors (Lipinski definition) is 5. The van der Waals surface area contributed by atoms with Crippen LogP contribution in [-0.4, -0.2) is 57.8 Å². The lowest BCUT2D eigenvalue weighted by Gasteiger charge is -2.35. The van der Waals surface area contributed by atoms with Crippen LogP contribution in [-0.2, 0) is 0 Å². The van der Waals surface area contributed by atoms with Gasteiger partial charge in [0.1, 0.15) is 5.69 Å². The minimum absolute atomic E-state index is 0.0681. The quantitative estimate of drug-likeness (QED) is 0.858. The highest BCUT2D eigenvalue weighted by Crippen LogP contribution is 2.28. The first-order chi connectivity index (χ1) is 10.5. The van der Waals surface area contributed by atoms with Crippen molar-refractivity contribution in [2.75, 3.05) is 32.0 Å². The maximum absolute atomic E-state index is 12.2. The molecule has 1 saturated heterocycles. The summed E-state index contributed by atoms with van der Waals surface area (Å²) in [5, 5.41) is 13.9. The smallest absolute Gasteiger partial charge is 0.422 e. The summed E-state index contributed by atoms with van der Waals surface area (Å²) in [6.07, 6.45) is -1.33. The molecule has 1 aliphatic heterocycles. The minimum Gasteiger partial charge on any atom is -0.466 e. The lowest BCUT2D eigenvalue weighted by atomic mass is 10.0. The first-order valence-corrected chi connectivity index (χ1v) is 7.52. The van der Waals surface area contributed by atoms with Gasteiger partial charge >= 0.3 is 6.18 Å². The number of nitrogen functional groups attached to an aromatic ring is 1. The number of nitrogens with zero attached hydrogens (tertiary/aromatic N) is 3. The average molecular weight is 336 g/mol. The number of anilines is 1. The Morgan fingerprint density at radius 2 is 1.96 bits per heavy atom. The predicted molar refractivity (Wildman–Crippen MR) is 79.2 cm³/mol. The summed E-state index contributed by atoms with van der Waals surface area (Å²) in [5.74, 6) is -0.179. The topological polar surface area (TPSA) is 76.5 Å². The minimum atomic E-state index is -4.42. The number of ether oxygens (including phenoxy) is 1. The molecule has 2 heterocycles. The third kappa shape index (κ3) is 5.58. The van der Waals surface area contributed by atoms with Gasteiger partial charge in [0.25, 0.3) is 5.88 Å². The van der Waals surface area contributed by atoms with Gasteiger partial charge in [-0.15, -0.1) is 5.10 Å². The summed E-state index contributed by atoms with van der Waals surface area (Å²) in [7, 11) is 0. The first-order valence-electron chi connectivity index (χ1n) is 7.52. The van der Waals surface area contributed by atoms with E-state index in [1.54, 1.807) is 18.5 Å². The molecule has 0 unspecified atom stereocenters. The summed E-state index contributed by atoms with van der Waals surface area (Å²) in [6.45, 7) is 4.27. The summed E-state index contributed by atoms with van der Waals surface area (Å²) in [5.41, 5.74) is 5.03. The fourth-order valence-electron chi connectivity index (χ4n) is 2.73. The Morgan fingerprint density at radius 1 is 1.35 bits per heavy atom. The Labute approximate surface area is 133 Å². The second kappa shape index (κ2) is 6.56. The van der Waals surface area contributed by atoms with Gasteiger partial charge in [0.05, 0.1) is 17.8 Å². The number of hydrogen-bond donors (Lipinski definition) is 2. The maximum Gasteiger partial charge on any atom is 0.422 e. The molecule has 0 saturated carbocycles. The van der Waals surface area contributed by atoms with E-state index in [2.05, 4.69) is 14.7 Å². The Bertz CT molecular complexity index is 517. The molecule has 0 amide bonds. The summed E-state index contributed by atoms with van der Waals surface area (Å²) in [6, 6.07) is 0.0681. The molecule has 0 aromatic carbocycles. The molecule has 6 nitrogen and oxygen atoms in total. The summed E-state index contributed by atoms with van der Waals surface area (Å²) < 4.78 is 42.8. The molecule has 2 rings (SSSR count). The van der Waals surface area contributed by atoms with Gasteiger partial charge in [-0.25, -0.2) is 0 Å². The number of nitrogens with two attached hydrogens (primary N) is 1. The standard InChI is InChI=1S/C14H23F3N4O2/c1-13(2,22)8-20-5-3-10(4-6-20)21-7-11(18)12(19-21)23-9-14(15,16)17/h7,10,22H,3-6,8-9,18H2,1-2H3. The van der Waals surface area contributed by atoms with Crippen LogP contribution in [0.3, 0.4) is 0 Å². The maximum atomic E-state index is 12.2. The Hall–Kier alpha value is -1.48. The van der Waals surface area contributed by atoms with Gasteiger partial charge in [0.15, 0.2) is 6.61 Å². The highest BCUT2D eigenvalue weighted by molar-refractivity contribution is 5.46. The lowest BCUT2D eigenvalue weighted by Crippen LogP contribution is -2.43. The van der Waals surface area contributed by atoms with Crippen molar-refractivity contribution >= 4 is 5.69 Å². The van der Waals surface area contributed by atoms with Crippen molar-refractivity contribution in [2.24, 2.45) is 0 Å². The lowest BCUT2D eigenvalue weighted by molar-refractivity contribution is -0.154. The van der Waals surface area contributed by atoms with E-state index in [1.165, 1.54) is 6.20 Å². The van der Waals surface area contributed by atoms with Crippen molar-refractivity contribution in [1.82, 2.24) is 14.7 Å². The Kier molecular flexibility index (Phi) is 5.10. The van der Waals surface area contributed by atoms with E-state index < -0.39 is 18.4 Å². The second-order valence-corrected chi connectivity index (χ2v) is 6.59. The molecular weight excluding hydrogens is 313 g/mol. The number of rotatable bonds is 5. The zero-order valence-electron chi connectivity index (χ0n) is 13.3. The molecule has 0 spiro atoms. The molecule has 1 aromatic rings. The van der Waals surface area contributed by atoms with Crippen molar-refractivity contribution in [3.63, 3.8) is 0 Å². The second-order valence-electron chi connectivity index (χ2n) is 6.59. The average Bonchev–Trinajstić information content (AvgIpc) is 2.76. The fourth-order valence-corrected chi connectivity index (χ4v) is 2.73. The Balaban J connectivity index is 1.91. The molecule has 3 N–H and O–H groups in total. The third-order valence-electron chi connectivity index (χ3n) is 3.64. The number of β-amino-alcohol motifs (C(OH)–C–C–N with tert-alkyl or cyclic N) is 1. The van der Waals surface area contributed by atoms with Crippen molar-refractivity contribution < 1.29 is 23.0 Å². The molecule has 9 heteroatoms. The van der Waals surface area contributed by atoms with Gasteiger partial charge in [0, 0.05) is 19.6 Å². The molecule has 1 aliphatic rings. The molecule has 1 fully saturated rings. The zero-order chi connectivity index (χ0) is 17.3. The number of piperidine rings is 1. The van der Waals surface area contributed by atoms with Crippen LogP contribution in [0.25, 0.3) is 0 Å². The van der Waals surface area contributed by atoms with Gasteiger partial charge in [-0.05, 0) is 26.7 Å². The number of aromatic nitrogens is 2. The van der Waals surface area contributed by atoms with Gasteiger partial charge in [0.2, 0.25) is 0 Å². The van der Waals surface area contributed by atoms with Crippen molar-refractivity contribution in [3.05, 3.63) is 6.20 Å². The van der Waals surface area contributed by atoms with Crippen LogP contribution in [0, 0.1) is 0 Å². The molecule has 1 aromatic heterocycles. The number of halogens is 3. The van der Waals surface area contributed by atoms with Crippen molar-refractivity contribution in [2.45, 2.75) is 44.5 Å². The Morgan fingerprint density at radius 3 is 2.48 bits per heavy atom. The normalized spacial score (nSPS) is 18.3. The van der Waals surface area contributed by atoms with E-state index in [9.17, 15) is 18.3 Å². The SMILES string of the molecule is CC(C)(O)CN1CCC(n2cc(N)c(OCC(F)(F)F)n2)CC1. The highest BCUT2D eigenvalue weighted by Gasteiger charge is 2.30. The molecule has 132 valence electrons. The van der Waals surface area contributed by atoms with Crippen LogP contribution in [0.2, 0.25) is 0 Å². The van der Waals surface area contributed by atoms with E-state index >= 15 is 0 Å². The van der Waals surface area contributed by atoms with Gasteiger partial charge in [-0.3, -0.25) is 4.68 Å². The van der Waals surface area contributed by atoms with Crippen LogP contribution in [0.4, 0.5) is 18.9 Å². The zero-order valence-corrected chi connectivity index (χ0v) is 13.3. The molecule has 0 atom stereocenters. The van der Waals surface area contributed by atoms with Crippen molar-refractivity contribution in [3.8, 4) is 5.88 Å². The van der Waals surface area contributed by atoms with Crippen molar-refractivity contribution in [1.29, 1.82) is 0 Å². The first kappa shape index (κ1) is 17.9. The predicted octanol–water partition coefficient (Wildman–Crippen LogP) is 1.81. The molecule has 0 aliphatic carbocycles. The van der Waals surface area contributed by atoms with Crippen LogP contribution < -0.4 is 10.5 Å². The van der Waals surface area contributed by atoms with Gasteiger partial charge in [-0.2, -0.15) is 13.2 Å². The van der Waals surface area contributed by atoms with Gasteiger partial charge in [-0.1, -0.05) is 0 Å². The largest absolute Gasteiger partial charge is 0.466 e. The van der Waals surface area contributed by atoms with E-state index in [0.29, 0.717) is 6.54 Å². The van der Waals surface area contributed by atoms with E-state index in [-0.39, 0.29) is 17.6 Å². The van der Waals surface area contributed by atoms with E-state index in [4.69, 9.17) is 5.73 Å². The summed E-state index contributed by atoms with van der Waals surface area (Å²) in [4.78, 5) is 2.16. The van der Waals surface area contributed by atoms with Crippen LogP contribution >= 0.6 is 0 Å². The van der Waals surface area contributed by atoms with Crippen LogP contribution in [0.1, 0.15) is 32.7 Å². The number of alkyl halides is 3. The van der Waals surface area contributed by atoms with E-state index in [1.807, 2.05) is 0 Å². The molecule has 0 bridgehead atoms. The molecular formula is C14H23F3N4O2. The third-order valence-corrected chi connectivity index (χ3v) is 3.64. The summed E-state index contributed by atoms with van der Waals surface area (Å²) >= 11 is 0. The monoisotopic (exact) mass is 336 g/mol. The van der Waals surface area contributed by atoms with Crippen LogP contribution in [0.15, 0.2) is 6.20 Å². The molecule has 0 radical (unpaired) electrons. The fraction of sp³-hybridized carbons (Fsp3) is 0.786. The van der Waals surface area contributed by atoms with Crippen LogP contribution in [0.5, 0.6) is 5.88 Å². The molecule has 23 heavy (non-hydrogen) atoms. The number of likely N-dealkylation sites (tertiary alicyclic amines) is 1. The highest BCUT2D eigenvalue weighted by atomic mass is 19.4. The van der Waals surface area contributed by atoms with Gasteiger partial charge < -0.3 is 20.5 Å². The van der Waals surface area contributed by atoms with E-state index in [0.717, 1.165) is 25.9 Å².